The second-order valence-corrected chi connectivity index (χ2v) is 9.36. The summed E-state index contributed by atoms with van der Waals surface area (Å²) >= 11 is 0. The number of ether oxygens (including phenoxy) is 1. The summed E-state index contributed by atoms with van der Waals surface area (Å²) in [5.74, 6) is 0.924. The molecule has 0 radical (unpaired) electrons. The van der Waals surface area contributed by atoms with Gasteiger partial charge in [-0.1, -0.05) is 108 Å². The number of rotatable bonds is 18. The molecular weight excluding hydrogens is 408 g/mol. The van der Waals surface area contributed by atoms with E-state index in [1.165, 1.54) is 51.4 Å². The highest BCUT2D eigenvalue weighted by Gasteiger charge is 2.11. The predicted octanol–water partition coefficient (Wildman–Crippen LogP) is 8.24. The van der Waals surface area contributed by atoms with E-state index in [0.29, 0.717) is 12.8 Å². The van der Waals surface area contributed by atoms with Gasteiger partial charge in [-0.05, 0) is 54.5 Å². The van der Waals surface area contributed by atoms with E-state index in [-0.39, 0.29) is 6.10 Å². The van der Waals surface area contributed by atoms with Gasteiger partial charge in [0.2, 0.25) is 0 Å². The van der Waals surface area contributed by atoms with Crippen molar-refractivity contribution >= 4 is 0 Å². The zero-order valence-electron chi connectivity index (χ0n) is 21.0. The van der Waals surface area contributed by atoms with Crippen molar-refractivity contribution < 1.29 is 14.9 Å². The Morgan fingerprint density at radius 1 is 0.606 bits per heavy atom. The van der Waals surface area contributed by atoms with Gasteiger partial charge < -0.3 is 14.9 Å². The van der Waals surface area contributed by atoms with Crippen LogP contribution in [0, 0.1) is 0 Å². The van der Waals surface area contributed by atoms with Crippen LogP contribution < -0.4 is 4.74 Å². The van der Waals surface area contributed by atoms with Gasteiger partial charge in [0, 0.05) is 0 Å². The van der Waals surface area contributed by atoms with Crippen LogP contribution in [0.2, 0.25) is 0 Å². The zero-order chi connectivity index (χ0) is 23.7. The molecule has 0 saturated carbocycles. The average Bonchev–Trinajstić information content (AvgIpc) is 2.85. The Hall–Kier alpha value is -1.84. The summed E-state index contributed by atoms with van der Waals surface area (Å²) in [6, 6.07) is 16.4. The van der Waals surface area contributed by atoms with Gasteiger partial charge in [-0.25, -0.2) is 0 Å². The highest BCUT2D eigenvalue weighted by Crippen LogP contribution is 2.26. The molecule has 0 amide bonds. The maximum absolute atomic E-state index is 10.5. The zero-order valence-corrected chi connectivity index (χ0v) is 21.0. The van der Waals surface area contributed by atoms with Gasteiger partial charge >= 0.3 is 0 Å². The fourth-order valence-corrected chi connectivity index (χ4v) is 4.18. The molecule has 33 heavy (non-hydrogen) atoms. The third kappa shape index (κ3) is 11.2. The van der Waals surface area contributed by atoms with Crippen molar-refractivity contribution in [2.75, 3.05) is 6.61 Å². The second kappa shape index (κ2) is 16.7. The lowest BCUT2D eigenvalue weighted by Gasteiger charge is -2.15. The van der Waals surface area contributed by atoms with Gasteiger partial charge in [-0.2, -0.15) is 0 Å². The third-order valence-electron chi connectivity index (χ3n) is 6.41. The van der Waals surface area contributed by atoms with Crippen molar-refractivity contribution in [1.29, 1.82) is 0 Å². The van der Waals surface area contributed by atoms with Crippen LogP contribution in [0.15, 0.2) is 48.5 Å². The van der Waals surface area contributed by atoms with E-state index in [2.05, 4.69) is 38.1 Å². The molecule has 2 atom stereocenters. The fraction of sp³-hybridized carbons (Fsp3) is 0.600. The molecule has 184 valence electrons. The number of aliphatic hydroxyl groups excluding tert-OH is 2. The van der Waals surface area contributed by atoms with Gasteiger partial charge in [-0.3, -0.25) is 0 Å². The minimum Gasteiger partial charge on any atom is -0.494 e. The first-order chi connectivity index (χ1) is 16.1. The number of benzene rings is 2. The van der Waals surface area contributed by atoms with E-state index in [1.54, 1.807) is 0 Å². The number of unbranched alkanes of at least 4 members (excludes halogenated alkanes) is 8. The first kappa shape index (κ1) is 27.4. The molecule has 0 heterocycles. The van der Waals surface area contributed by atoms with Gasteiger partial charge in [-0.15, -0.1) is 0 Å². The Morgan fingerprint density at radius 2 is 1.15 bits per heavy atom. The van der Waals surface area contributed by atoms with Crippen LogP contribution in [-0.2, 0) is 0 Å². The molecule has 2 N–H and O–H groups in total. The molecule has 0 aliphatic rings. The lowest BCUT2D eigenvalue weighted by Crippen LogP contribution is -2.09. The summed E-state index contributed by atoms with van der Waals surface area (Å²) in [5.41, 5.74) is 3.19. The molecule has 2 aromatic rings. The Morgan fingerprint density at radius 3 is 1.79 bits per heavy atom. The van der Waals surface area contributed by atoms with Crippen molar-refractivity contribution in [2.45, 2.75) is 110 Å². The quantitative estimate of drug-likeness (QED) is 0.223. The molecule has 2 aromatic carbocycles. The molecule has 0 spiro atoms. The third-order valence-corrected chi connectivity index (χ3v) is 6.41. The largest absolute Gasteiger partial charge is 0.494 e. The maximum Gasteiger partial charge on any atom is 0.119 e. The van der Waals surface area contributed by atoms with E-state index in [0.717, 1.165) is 48.3 Å². The molecule has 0 aliphatic heterocycles. The number of hydrogen-bond acceptors (Lipinski definition) is 3. The first-order valence-corrected chi connectivity index (χ1v) is 13.3. The van der Waals surface area contributed by atoms with Crippen molar-refractivity contribution in [3.05, 3.63) is 54.1 Å². The molecule has 0 bridgehead atoms. The van der Waals surface area contributed by atoms with Gasteiger partial charge in [0.15, 0.2) is 0 Å². The fourth-order valence-electron chi connectivity index (χ4n) is 4.18. The SMILES string of the molecule is CCCCCCCCOc1ccc(-c2ccc(C(O)CC[C@H](O)CCCCCC)cc2)cc1. The summed E-state index contributed by atoms with van der Waals surface area (Å²) in [6.45, 7) is 5.22. The van der Waals surface area contributed by atoms with E-state index in [4.69, 9.17) is 4.74 Å². The summed E-state index contributed by atoms with van der Waals surface area (Å²) in [7, 11) is 0. The topological polar surface area (TPSA) is 49.7 Å². The average molecular weight is 455 g/mol. The highest BCUT2D eigenvalue weighted by molar-refractivity contribution is 5.64. The van der Waals surface area contributed by atoms with E-state index >= 15 is 0 Å². The minimum absolute atomic E-state index is 0.308. The van der Waals surface area contributed by atoms with Gasteiger partial charge in [0.1, 0.15) is 5.75 Å². The van der Waals surface area contributed by atoms with Gasteiger partial charge in [0.25, 0.3) is 0 Å². The molecule has 1 unspecified atom stereocenters. The van der Waals surface area contributed by atoms with Crippen LogP contribution in [0.25, 0.3) is 11.1 Å². The van der Waals surface area contributed by atoms with Gasteiger partial charge in [0.05, 0.1) is 18.8 Å². The van der Waals surface area contributed by atoms with E-state index in [1.807, 2.05) is 24.3 Å². The first-order valence-electron chi connectivity index (χ1n) is 13.3. The summed E-state index contributed by atoms with van der Waals surface area (Å²) in [4.78, 5) is 0. The molecule has 0 aromatic heterocycles. The maximum atomic E-state index is 10.5. The molecule has 3 heteroatoms. The summed E-state index contributed by atoms with van der Waals surface area (Å²) in [5, 5.41) is 20.7. The smallest absolute Gasteiger partial charge is 0.119 e. The van der Waals surface area contributed by atoms with Crippen LogP contribution in [0.3, 0.4) is 0 Å². The predicted molar refractivity (Wildman–Crippen MR) is 140 cm³/mol. The van der Waals surface area contributed by atoms with E-state index in [9.17, 15) is 10.2 Å². The Kier molecular flexibility index (Phi) is 13.9. The van der Waals surface area contributed by atoms with Crippen LogP contribution in [-0.4, -0.2) is 22.9 Å². The summed E-state index contributed by atoms with van der Waals surface area (Å²) in [6.07, 6.45) is 13.6. The summed E-state index contributed by atoms with van der Waals surface area (Å²) < 4.78 is 5.88. The highest BCUT2D eigenvalue weighted by atomic mass is 16.5. The molecule has 0 aliphatic carbocycles. The van der Waals surface area contributed by atoms with Crippen LogP contribution in [0.4, 0.5) is 0 Å². The van der Waals surface area contributed by atoms with Crippen LogP contribution in [0.1, 0.15) is 109 Å². The Bertz CT molecular complexity index is 723. The molecule has 0 saturated heterocycles. The monoisotopic (exact) mass is 454 g/mol. The number of aliphatic hydroxyl groups is 2. The normalized spacial score (nSPS) is 13.1. The second-order valence-electron chi connectivity index (χ2n) is 9.36. The molecule has 0 fully saturated rings. The van der Waals surface area contributed by atoms with Crippen LogP contribution >= 0.6 is 0 Å². The number of hydrogen-bond donors (Lipinski definition) is 2. The minimum atomic E-state index is -0.526. The standard InChI is InChI=1S/C30H46O3/c1-3-5-7-9-10-12-24-33-29-21-18-26(19-22-29)25-14-16-27(17-15-25)30(32)23-20-28(31)13-11-8-6-4-2/h14-19,21-22,28,30-32H,3-13,20,23-24H2,1-2H3/t28-,30?/m1/s1. The molecule has 2 rings (SSSR count). The lowest BCUT2D eigenvalue weighted by atomic mass is 9.98. The lowest BCUT2D eigenvalue weighted by molar-refractivity contribution is 0.107. The Balaban J connectivity index is 1.72. The van der Waals surface area contributed by atoms with E-state index < -0.39 is 6.10 Å². The Labute approximate surface area is 202 Å². The van der Waals surface area contributed by atoms with Crippen molar-refractivity contribution in [3.8, 4) is 16.9 Å². The van der Waals surface area contributed by atoms with Crippen LogP contribution in [0.5, 0.6) is 5.75 Å². The molecule has 3 nitrogen and oxygen atoms in total. The molecular formula is C30H46O3. The van der Waals surface area contributed by atoms with Crippen molar-refractivity contribution in [2.24, 2.45) is 0 Å². The van der Waals surface area contributed by atoms with Crippen molar-refractivity contribution in [3.63, 3.8) is 0 Å². The van der Waals surface area contributed by atoms with Crippen molar-refractivity contribution in [1.82, 2.24) is 0 Å².